The van der Waals surface area contributed by atoms with Crippen LogP contribution < -0.4 is 11.1 Å². The van der Waals surface area contributed by atoms with Crippen LogP contribution in [0.5, 0.6) is 0 Å². The maximum atomic E-state index is 12.0. The van der Waals surface area contributed by atoms with Gasteiger partial charge in [0, 0.05) is 17.2 Å². The lowest BCUT2D eigenvalue weighted by atomic mass is 10.0. The SMILES string of the molecule is CCC(C)C(C)NC(=O)c1ccc(C(N)=S)cc1. The second kappa shape index (κ2) is 6.50. The normalized spacial score (nSPS) is 13.7. The molecule has 1 aromatic carbocycles. The number of hydrogen-bond acceptors (Lipinski definition) is 2. The van der Waals surface area contributed by atoms with Crippen molar-refractivity contribution in [2.24, 2.45) is 11.7 Å². The van der Waals surface area contributed by atoms with Gasteiger partial charge < -0.3 is 11.1 Å². The molecule has 4 heteroatoms. The number of benzene rings is 1. The molecule has 1 aromatic rings. The Labute approximate surface area is 114 Å². The van der Waals surface area contributed by atoms with Crippen LogP contribution in [0.1, 0.15) is 43.1 Å². The summed E-state index contributed by atoms with van der Waals surface area (Å²) < 4.78 is 0. The number of thiocarbonyl (C=S) groups is 1. The third-order valence-corrected chi connectivity index (χ3v) is 3.52. The topological polar surface area (TPSA) is 55.1 Å². The van der Waals surface area contributed by atoms with Crippen molar-refractivity contribution >= 4 is 23.1 Å². The molecule has 98 valence electrons. The number of nitrogens with two attached hydrogens (primary N) is 1. The largest absolute Gasteiger partial charge is 0.389 e. The van der Waals surface area contributed by atoms with Crippen molar-refractivity contribution in [2.45, 2.75) is 33.2 Å². The maximum Gasteiger partial charge on any atom is 0.251 e. The molecule has 0 saturated carbocycles. The first-order chi connectivity index (χ1) is 8.45. The second-order valence-electron chi connectivity index (χ2n) is 4.59. The van der Waals surface area contributed by atoms with Crippen molar-refractivity contribution in [3.05, 3.63) is 35.4 Å². The zero-order valence-corrected chi connectivity index (χ0v) is 11.9. The lowest BCUT2D eigenvalue weighted by molar-refractivity contribution is 0.0928. The van der Waals surface area contributed by atoms with Crippen LogP contribution in [-0.4, -0.2) is 16.9 Å². The standard InChI is InChI=1S/C14H20N2OS/c1-4-9(2)10(3)16-14(17)12-7-5-11(6-8-12)13(15)18/h5-10H,4H2,1-3H3,(H2,15,18)(H,16,17). The highest BCUT2D eigenvalue weighted by atomic mass is 32.1. The molecule has 3 nitrogen and oxygen atoms in total. The van der Waals surface area contributed by atoms with Gasteiger partial charge in [-0.05, 0) is 25.0 Å². The summed E-state index contributed by atoms with van der Waals surface area (Å²) in [5, 5.41) is 2.99. The molecule has 1 amide bonds. The lowest BCUT2D eigenvalue weighted by Gasteiger charge is -2.19. The first-order valence-corrected chi connectivity index (χ1v) is 6.57. The van der Waals surface area contributed by atoms with Gasteiger partial charge in [-0.15, -0.1) is 0 Å². The highest BCUT2D eigenvalue weighted by molar-refractivity contribution is 7.80. The quantitative estimate of drug-likeness (QED) is 0.803. The molecule has 0 radical (unpaired) electrons. The van der Waals surface area contributed by atoms with E-state index in [9.17, 15) is 4.79 Å². The van der Waals surface area contributed by atoms with Crippen LogP contribution in [-0.2, 0) is 0 Å². The number of carbonyl (C=O) groups excluding carboxylic acids is 1. The third-order valence-electron chi connectivity index (χ3n) is 3.29. The molecule has 2 atom stereocenters. The van der Waals surface area contributed by atoms with E-state index in [-0.39, 0.29) is 11.9 Å². The van der Waals surface area contributed by atoms with E-state index in [2.05, 4.69) is 19.2 Å². The molecule has 0 aromatic heterocycles. The Morgan fingerprint density at radius 3 is 2.22 bits per heavy atom. The van der Waals surface area contributed by atoms with E-state index in [0.29, 0.717) is 16.5 Å². The summed E-state index contributed by atoms with van der Waals surface area (Å²) in [5.41, 5.74) is 6.91. The molecule has 0 aliphatic rings. The summed E-state index contributed by atoms with van der Waals surface area (Å²) in [4.78, 5) is 12.3. The summed E-state index contributed by atoms with van der Waals surface area (Å²) in [6.07, 6.45) is 1.04. The predicted octanol–water partition coefficient (Wildman–Crippen LogP) is 2.49. The van der Waals surface area contributed by atoms with Gasteiger partial charge in [-0.1, -0.05) is 44.6 Å². The molecule has 0 fully saturated rings. The van der Waals surface area contributed by atoms with Crippen LogP contribution >= 0.6 is 12.2 Å². The fourth-order valence-corrected chi connectivity index (χ4v) is 1.71. The van der Waals surface area contributed by atoms with Gasteiger partial charge in [0.2, 0.25) is 0 Å². The Morgan fingerprint density at radius 2 is 1.78 bits per heavy atom. The van der Waals surface area contributed by atoms with Crippen molar-refractivity contribution in [3.8, 4) is 0 Å². The molecule has 0 heterocycles. The highest BCUT2D eigenvalue weighted by Crippen LogP contribution is 2.09. The van der Waals surface area contributed by atoms with Gasteiger partial charge >= 0.3 is 0 Å². The van der Waals surface area contributed by atoms with E-state index >= 15 is 0 Å². The average molecular weight is 264 g/mol. The van der Waals surface area contributed by atoms with Crippen LogP contribution in [0.25, 0.3) is 0 Å². The minimum absolute atomic E-state index is 0.0581. The van der Waals surface area contributed by atoms with Gasteiger partial charge in [-0.25, -0.2) is 0 Å². The zero-order valence-electron chi connectivity index (χ0n) is 11.1. The van der Waals surface area contributed by atoms with Gasteiger partial charge in [0.25, 0.3) is 5.91 Å². The first kappa shape index (κ1) is 14.6. The predicted molar refractivity (Wildman–Crippen MR) is 78.7 cm³/mol. The maximum absolute atomic E-state index is 12.0. The van der Waals surface area contributed by atoms with Gasteiger partial charge in [0.15, 0.2) is 0 Å². The number of nitrogens with one attached hydrogen (secondary N) is 1. The van der Waals surface area contributed by atoms with Crippen molar-refractivity contribution < 1.29 is 4.79 Å². The van der Waals surface area contributed by atoms with Gasteiger partial charge in [-0.3, -0.25) is 4.79 Å². The van der Waals surface area contributed by atoms with Crippen LogP contribution in [0.4, 0.5) is 0 Å². The molecule has 0 aliphatic carbocycles. The molecule has 0 spiro atoms. The number of carbonyl (C=O) groups is 1. The summed E-state index contributed by atoms with van der Waals surface area (Å²) in [7, 11) is 0. The molecule has 18 heavy (non-hydrogen) atoms. The van der Waals surface area contributed by atoms with Crippen LogP contribution in [0, 0.1) is 5.92 Å². The fraction of sp³-hybridized carbons (Fsp3) is 0.429. The molecule has 0 saturated heterocycles. The lowest BCUT2D eigenvalue weighted by Crippen LogP contribution is -2.36. The molecule has 0 bridgehead atoms. The number of amides is 1. The van der Waals surface area contributed by atoms with Crippen molar-refractivity contribution in [1.29, 1.82) is 0 Å². The Bertz CT molecular complexity index is 428. The highest BCUT2D eigenvalue weighted by Gasteiger charge is 2.14. The Kier molecular flexibility index (Phi) is 5.28. The van der Waals surface area contributed by atoms with Gasteiger partial charge in [0.1, 0.15) is 4.99 Å². The molecular weight excluding hydrogens is 244 g/mol. The summed E-state index contributed by atoms with van der Waals surface area (Å²) in [5.74, 6) is 0.405. The molecule has 3 N–H and O–H groups in total. The van der Waals surface area contributed by atoms with Crippen molar-refractivity contribution in [1.82, 2.24) is 5.32 Å². The van der Waals surface area contributed by atoms with Gasteiger partial charge in [0.05, 0.1) is 0 Å². The smallest absolute Gasteiger partial charge is 0.251 e. The molecule has 1 rings (SSSR count). The zero-order chi connectivity index (χ0) is 13.7. The van der Waals surface area contributed by atoms with Crippen LogP contribution in [0.3, 0.4) is 0 Å². The van der Waals surface area contributed by atoms with E-state index in [1.54, 1.807) is 24.3 Å². The summed E-state index contributed by atoms with van der Waals surface area (Å²) in [6.45, 7) is 6.26. The Morgan fingerprint density at radius 1 is 1.28 bits per heavy atom. The second-order valence-corrected chi connectivity index (χ2v) is 5.03. The first-order valence-electron chi connectivity index (χ1n) is 6.16. The summed E-state index contributed by atoms with van der Waals surface area (Å²) >= 11 is 4.87. The third kappa shape index (κ3) is 3.81. The number of hydrogen-bond donors (Lipinski definition) is 2. The Hall–Kier alpha value is -1.42. The van der Waals surface area contributed by atoms with E-state index in [1.165, 1.54) is 0 Å². The summed E-state index contributed by atoms with van der Waals surface area (Å²) in [6, 6.07) is 7.19. The minimum Gasteiger partial charge on any atom is -0.389 e. The van der Waals surface area contributed by atoms with Gasteiger partial charge in [-0.2, -0.15) is 0 Å². The molecular formula is C14H20N2OS. The van der Waals surface area contributed by atoms with Crippen LogP contribution in [0.2, 0.25) is 0 Å². The minimum atomic E-state index is -0.0581. The van der Waals surface area contributed by atoms with Crippen molar-refractivity contribution in [2.75, 3.05) is 0 Å². The average Bonchev–Trinajstić information content (AvgIpc) is 2.37. The van der Waals surface area contributed by atoms with E-state index in [4.69, 9.17) is 18.0 Å². The molecule has 0 aliphatic heterocycles. The van der Waals surface area contributed by atoms with Crippen molar-refractivity contribution in [3.63, 3.8) is 0 Å². The Balaban J connectivity index is 2.70. The van der Waals surface area contributed by atoms with Crippen LogP contribution in [0.15, 0.2) is 24.3 Å². The van der Waals surface area contributed by atoms with E-state index in [0.717, 1.165) is 12.0 Å². The number of rotatable bonds is 5. The van der Waals surface area contributed by atoms with E-state index < -0.39 is 0 Å². The monoisotopic (exact) mass is 264 g/mol. The molecule has 2 unspecified atom stereocenters. The van der Waals surface area contributed by atoms with E-state index in [1.807, 2.05) is 6.92 Å². The fourth-order valence-electron chi connectivity index (χ4n) is 1.57.